The molecular formula is C9H18O. The third kappa shape index (κ3) is 7.54. The highest BCUT2D eigenvalue weighted by molar-refractivity contribution is 4.72. The molecule has 0 heterocycles. The molecule has 1 nitrogen and oxygen atoms in total. The molecule has 0 aliphatic heterocycles. The van der Waals surface area contributed by atoms with Crippen LogP contribution in [0.4, 0.5) is 0 Å². The maximum atomic E-state index is 5.03. The first-order chi connectivity index (χ1) is 4.91. The second-order valence-electron chi connectivity index (χ2n) is 2.32. The topological polar surface area (TPSA) is 9.23 Å². The van der Waals surface area contributed by atoms with Crippen LogP contribution in [0.1, 0.15) is 39.5 Å². The van der Waals surface area contributed by atoms with Gasteiger partial charge in [-0.1, -0.05) is 19.8 Å². The van der Waals surface area contributed by atoms with E-state index in [0.29, 0.717) is 0 Å². The van der Waals surface area contributed by atoms with Gasteiger partial charge in [-0.05, 0) is 25.8 Å². The second-order valence-corrected chi connectivity index (χ2v) is 2.32. The van der Waals surface area contributed by atoms with Crippen molar-refractivity contribution >= 4 is 0 Å². The lowest BCUT2D eigenvalue weighted by molar-refractivity contribution is 0.268. The summed E-state index contributed by atoms with van der Waals surface area (Å²) >= 11 is 0. The minimum absolute atomic E-state index is 0.782. The monoisotopic (exact) mass is 142 g/mol. The SMILES string of the molecule is CCCCCC=COCC. The van der Waals surface area contributed by atoms with E-state index in [9.17, 15) is 0 Å². The lowest BCUT2D eigenvalue weighted by Gasteiger charge is -1.93. The number of unbranched alkanes of at least 4 members (excludes halogenated alkanes) is 3. The van der Waals surface area contributed by atoms with E-state index in [1.54, 1.807) is 6.26 Å². The lowest BCUT2D eigenvalue weighted by Crippen LogP contribution is -1.76. The largest absolute Gasteiger partial charge is 0.502 e. The fourth-order valence-electron chi connectivity index (χ4n) is 0.744. The first-order valence-corrected chi connectivity index (χ1v) is 4.18. The fraction of sp³-hybridized carbons (Fsp3) is 0.778. The van der Waals surface area contributed by atoms with Crippen LogP contribution >= 0.6 is 0 Å². The lowest BCUT2D eigenvalue weighted by atomic mass is 10.2. The predicted molar refractivity (Wildman–Crippen MR) is 44.9 cm³/mol. The Labute approximate surface area is 64.1 Å². The van der Waals surface area contributed by atoms with Crippen LogP contribution in [0.15, 0.2) is 12.3 Å². The van der Waals surface area contributed by atoms with Gasteiger partial charge < -0.3 is 4.74 Å². The van der Waals surface area contributed by atoms with Gasteiger partial charge in [0.1, 0.15) is 0 Å². The summed E-state index contributed by atoms with van der Waals surface area (Å²) in [6, 6.07) is 0. The number of hydrogen-bond acceptors (Lipinski definition) is 1. The average molecular weight is 142 g/mol. The summed E-state index contributed by atoms with van der Waals surface area (Å²) in [6.45, 7) is 4.99. The normalized spacial score (nSPS) is 10.6. The van der Waals surface area contributed by atoms with Gasteiger partial charge in [-0.3, -0.25) is 0 Å². The van der Waals surface area contributed by atoms with Crippen LogP contribution in [0.3, 0.4) is 0 Å². The van der Waals surface area contributed by atoms with Crippen molar-refractivity contribution in [1.29, 1.82) is 0 Å². The van der Waals surface area contributed by atoms with Gasteiger partial charge in [0.15, 0.2) is 0 Å². The molecule has 0 bridgehead atoms. The summed E-state index contributed by atoms with van der Waals surface area (Å²) < 4.78 is 5.03. The van der Waals surface area contributed by atoms with Crippen LogP contribution in [-0.2, 0) is 4.74 Å². The molecule has 0 atom stereocenters. The molecule has 1 heteroatoms. The quantitative estimate of drug-likeness (QED) is 0.409. The fourth-order valence-corrected chi connectivity index (χ4v) is 0.744. The zero-order chi connectivity index (χ0) is 7.66. The summed E-state index contributed by atoms with van der Waals surface area (Å²) in [5.74, 6) is 0. The first-order valence-electron chi connectivity index (χ1n) is 4.18. The molecular weight excluding hydrogens is 124 g/mol. The van der Waals surface area contributed by atoms with Gasteiger partial charge >= 0.3 is 0 Å². The second kappa shape index (κ2) is 8.54. The number of hydrogen-bond donors (Lipinski definition) is 0. The maximum Gasteiger partial charge on any atom is 0.0845 e. The van der Waals surface area contributed by atoms with Crippen LogP contribution in [0.2, 0.25) is 0 Å². The van der Waals surface area contributed by atoms with Crippen molar-refractivity contribution < 1.29 is 4.74 Å². The van der Waals surface area contributed by atoms with Crippen molar-refractivity contribution in [3.8, 4) is 0 Å². The van der Waals surface area contributed by atoms with E-state index in [-0.39, 0.29) is 0 Å². The van der Waals surface area contributed by atoms with Crippen LogP contribution in [0.5, 0.6) is 0 Å². The molecule has 0 aliphatic carbocycles. The van der Waals surface area contributed by atoms with Crippen LogP contribution in [0, 0.1) is 0 Å². The Bertz CT molecular complexity index is 76.8. The Morgan fingerprint density at radius 1 is 1.20 bits per heavy atom. The molecule has 0 amide bonds. The van der Waals surface area contributed by atoms with Crippen molar-refractivity contribution in [3.63, 3.8) is 0 Å². The summed E-state index contributed by atoms with van der Waals surface area (Å²) in [7, 11) is 0. The molecule has 0 fully saturated rings. The number of rotatable bonds is 6. The first kappa shape index (κ1) is 9.54. The van der Waals surface area contributed by atoms with Gasteiger partial charge in [0.25, 0.3) is 0 Å². The minimum atomic E-state index is 0.782. The number of ether oxygens (including phenoxy) is 1. The summed E-state index contributed by atoms with van der Waals surface area (Å²) in [5, 5.41) is 0. The van der Waals surface area contributed by atoms with Gasteiger partial charge in [-0.15, -0.1) is 0 Å². The van der Waals surface area contributed by atoms with Gasteiger partial charge in [0.2, 0.25) is 0 Å². The summed E-state index contributed by atoms with van der Waals surface area (Å²) in [6.07, 6.45) is 8.97. The molecule has 0 radical (unpaired) electrons. The third-order valence-electron chi connectivity index (χ3n) is 1.33. The molecule has 0 aliphatic rings. The number of allylic oxidation sites excluding steroid dienone is 1. The molecule has 0 aromatic rings. The Morgan fingerprint density at radius 2 is 2.00 bits per heavy atom. The smallest absolute Gasteiger partial charge is 0.0845 e. The molecule has 0 saturated carbocycles. The molecule has 0 saturated heterocycles. The van der Waals surface area contributed by atoms with Crippen molar-refractivity contribution in [2.45, 2.75) is 39.5 Å². The standard InChI is InChI=1S/C9H18O/c1-3-5-6-7-8-9-10-4-2/h8-9H,3-7H2,1-2H3. The zero-order valence-corrected chi connectivity index (χ0v) is 7.10. The van der Waals surface area contributed by atoms with E-state index in [0.717, 1.165) is 13.0 Å². The predicted octanol–water partition coefficient (Wildman–Crippen LogP) is 3.12. The zero-order valence-electron chi connectivity index (χ0n) is 7.10. The van der Waals surface area contributed by atoms with Crippen LogP contribution in [-0.4, -0.2) is 6.61 Å². The van der Waals surface area contributed by atoms with Crippen molar-refractivity contribution in [1.82, 2.24) is 0 Å². The van der Waals surface area contributed by atoms with Gasteiger partial charge in [0, 0.05) is 0 Å². The highest BCUT2D eigenvalue weighted by atomic mass is 16.5. The van der Waals surface area contributed by atoms with E-state index >= 15 is 0 Å². The molecule has 0 aromatic heterocycles. The van der Waals surface area contributed by atoms with Crippen molar-refractivity contribution in [2.24, 2.45) is 0 Å². The molecule has 0 unspecified atom stereocenters. The van der Waals surface area contributed by atoms with Gasteiger partial charge in [0.05, 0.1) is 12.9 Å². The highest BCUT2D eigenvalue weighted by Gasteiger charge is 1.80. The highest BCUT2D eigenvalue weighted by Crippen LogP contribution is 1.99. The van der Waals surface area contributed by atoms with Gasteiger partial charge in [-0.2, -0.15) is 0 Å². The van der Waals surface area contributed by atoms with E-state index in [1.165, 1.54) is 19.3 Å². The molecule has 0 rings (SSSR count). The summed E-state index contributed by atoms with van der Waals surface area (Å²) in [5.41, 5.74) is 0. The van der Waals surface area contributed by atoms with Crippen LogP contribution in [0.25, 0.3) is 0 Å². The minimum Gasteiger partial charge on any atom is -0.502 e. The molecule has 60 valence electrons. The molecule has 10 heavy (non-hydrogen) atoms. The van der Waals surface area contributed by atoms with E-state index in [1.807, 2.05) is 6.92 Å². The Hall–Kier alpha value is -0.460. The molecule has 0 N–H and O–H groups in total. The summed E-state index contributed by atoms with van der Waals surface area (Å²) in [4.78, 5) is 0. The Kier molecular flexibility index (Phi) is 8.15. The van der Waals surface area contributed by atoms with Crippen LogP contribution < -0.4 is 0 Å². The van der Waals surface area contributed by atoms with Crippen molar-refractivity contribution in [3.05, 3.63) is 12.3 Å². The van der Waals surface area contributed by atoms with E-state index in [2.05, 4.69) is 13.0 Å². The van der Waals surface area contributed by atoms with Gasteiger partial charge in [-0.25, -0.2) is 0 Å². The van der Waals surface area contributed by atoms with E-state index < -0.39 is 0 Å². The molecule has 0 aromatic carbocycles. The van der Waals surface area contributed by atoms with E-state index in [4.69, 9.17) is 4.74 Å². The molecule has 0 spiro atoms. The third-order valence-corrected chi connectivity index (χ3v) is 1.33. The van der Waals surface area contributed by atoms with Crippen molar-refractivity contribution in [2.75, 3.05) is 6.61 Å². The Morgan fingerprint density at radius 3 is 2.60 bits per heavy atom. The maximum absolute atomic E-state index is 5.03. The average Bonchev–Trinajstić information content (AvgIpc) is 1.97. The Balaban J connectivity index is 2.88.